The van der Waals surface area contributed by atoms with Crippen LogP contribution in [-0.2, 0) is 9.53 Å². The van der Waals surface area contributed by atoms with Crippen molar-refractivity contribution in [2.75, 3.05) is 6.86 Å². The predicted octanol–water partition coefficient (Wildman–Crippen LogP) is 1.73. The van der Waals surface area contributed by atoms with Gasteiger partial charge in [0.15, 0.2) is 5.78 Å². The Hall–Kier alpha value is -1.71. The van der Waals surface area contributed by atoms with Crippen LogP contribution in [0.25, 0.3) is 0 Å². The Labute approximate surface area is 80.5 Å². The number of carbonyl (C=O) groups is 2. The van der Waals surface area contributed by atoms with Gasteiger partial charge in [0.2, 0.25) is 6.86 Å². The van der Waals surface area contributed by atoms with Crippen molar-refractivity contribution in [1.29, 1.82) is 0 Å². The third-order valence-electron chi connectivity index (χ3n) is 1.62. The number of carbonyl (C=O) groups excluding carboxylic acids is 2. The number of ether oxygens (including phenoxy) is 1. The lowest BCUT2D eigenvalue weighted by Gasteiger charge is -1.99. The lowest BCUT2D eigenvalue weighted by Crippen LogP contribution is -2.10. The third kappa shape index (κ3) is 2.97. The van der Waals surface area contributed by atoms with Gasteiger partial charge in [0.1, 0.15) is 6.42 Å². The number of Topliss-reactive ketones (excluding diaryl/α,β-unsaturated/α-hetero) is 1. The second-order valence-corrected chi connectivity index (χ2v) is 2.59. The normalized spacial score (nSPS) is 9.50. The molecule has 0 aliphatic rings. The Morgan fingerprint density at radius 1 is 1.21 bits per heavy atom. The molecule has 1 aromatic carbocycles. The zero-order chi connectivity index (χ0) is 10.4. The van der Waals surface area contributed by atoms with Crippen LogP contribution in [0.4, 0.5) is 4.39 Å². The van der Waals surface area contributed by atoms with Gasteiger partial charge in [-0.3, -0.25) is 9.59 Å². The minimum atomic E-state index is -1.19. The SMILES string of the molecule is O=C(CC(=O)c1ccccc1)OCF. The molecule has 1 aromatic rings. The van der Waals surface area contributed by atoms with E-state index >= 15 is 0 Å². The molecule has 0 heterocycles. The minimum absolute atomic E-state index is 0.371. The molecule has 0 radical (unpaired) electrons. The fraction of sp³-hybridized carbons (Fsp3) is 0.200. The van der Waals surface area contributed by atoms with Crippen LogP contribution in [0.3, 0.4) is 0 Å². The monoisotopic (exact) mass is 196 g/mol. The largest absolute Gasteiger partial charge is 0.433 e. The van der Waals surface area contributed by atoms with Crippen molar-refractivity contribution >= 4 is 11.8 Å². The summed E-state index contributed by atoms with van der Waals surface area (Å²) in [5.74, 6) is -1.22. The standard InChI is InChI=1S/C10H9FO3/c11-7-14-10(13)6-9(12)8-4-2-1-3-5-8/h1-5H,6-7H2. The highest BCUT2D eigenvalue weighted by Gasteiger charge is 2.11. The predicted molar refractivity (Wildman–Crippen MR) is 47.5 cm³/mol. The number of hydrogen-bond acceptors (Lipinski definition) is 3. The Bertz CT molecular complexity index is 321. The van der Waals surface area contributed by atoms with E-state index in [4.69, 9.17) is 0 Å². The average molecular weight is 196 g/mol. The van der Waals surface area contributed by atoms with E-state index in [1.807, 2.05) is 0 Å². The third-order valence-corrected chi connectivity index (χ3v) is 1.62. The molecule has 0 unspecified atom stereocenters. The number of benzene rings is 1. The van der Waals surface area contributed by atoms with Gasteiger partial charge in [-0.2, -0.15) is 0 Å². The van der Waals surface area contributed by atoms with Gasteiger partial charge < -0.3 is 4.74 Å². The summed E-state index contributed by atoms with van der Waals surface area (Å²) < 4.78 is 15.5. The average Bonchev–Trinajstić information content (AvgIpc) is 2.19. The van der Waals surface area contributed by atoms with Gasteiger partial charge in [-0.1, -0.05) is 30.3 Å². The van der Waals surface area contributed by atoms with E-state index in [-0.39, 0.29) is 5.78 Å². The van der Waals surface area contributed by atoms with Crippen molar-refractivity contribution in [3.8, 4) is 0 Å². The first kappa shape index (κ1) is 10.4. The van der Waals surface area contributed by atoms with Gasteiger partial charge in [-0.25, -0.2) is 4.39 Å². The van der Waals surface area contributed by atoms with Gasteiger partial charge in [0.05, 0.1) is 0 Å². The molecule has 4 heteroatoms. The fourth-order valence-corrected chi connectivity index (χ4v) is 0.969. The maximum Gasteiger partial charge on any atom is 0.316 e. The molecular weight excluding hydrogens is 187 g/mol. The first-order valence-electron chi connectivity index (χ1n) is 4.04. The van der Waals surface area contributed by atoms with E-state index in [1.54, 1.807) is 30.3 Å². The van der Waals surface area contributed by atoms with Gasteiger partial charge in [0, 0.05) is 5.56 Å². The Morgan fingerprint density at radius 3 is 2.43 bits per heavy atom. The summed E-state index contributed by atoms with van der Waals surface area (Å²) in [6, 6.07) is 8.31. The zero-order valence-corrected chi connectivity index (χ0v) is 7.40. The fourth-order valence-electron chi connectivity index (χ4n) is 0.969. The first-order chi connectivity index (χ1) is 6.74. The van der Waals surface area contributed by atoms with E-state index in [9.17, 15) is 14.0 Å². The summed E-state index contributed by atoms with van der Waals surface area (Å²) in [6.07, 6.45) is -0.423. The number of rotatable bonds is 4. The van der Waals surface area contributed by atoms with Crippen LogP contribution in [0.2, 0.25) is 0 Å². The molecule has 0 bridgehead atoms. The number of ketones is 1. The molecule has 0 fully saturated rings. The van der Waals surface area contributed by atoms with Crippen LogP contribution in [-0.4, -0.2) is 18.6 Å². The Balaban J connectivity index is 2.55. The first-order valence-corrected chi connectivity index (χ1v) is 4.04. The molecule has 0 N–H and O–H groups in total. The lowest BCUT2D eigenvalue weighted by molar-refractivity contribution is -0.146. The van der Waals surface area contributed by atoms with Gasteiger partial charge in [-0.05, 0) is 0 Å². The van der Waals surface area contributed by atoms with Crippen molar-refractivity contribution < 1.29 is 18.7 Å². The van der Waals surface area contributed by atoms with Crippen LogP contribution in [0.1, 0.15) is 16.8 Å². The van der Waals surface area contributed by atoms with Crippen molar-refractivity contribution in [2.45, 2.75) is 6.42 Å². The van der Waals surface area contributed by atoms with Crippen LogP contribution < -0.4 is 0 Å². The van der Waals surface area contributed by atoms with Crippen molar-refractivity contribution in [2.24, 2.45) is 0 Å². The second kappa shape index (κ2) is 5.11. The summed E-state index contributed by atoms with van der Waals surface area (Å²) in [6.45, 7) is -1.19. The molecule has 0 saturated heterocycles. The van der Waals surface area contributed by atoms with E-state index in [0.29, 0.717) is 5.56 Å². The minimum Gasteiger partial charge on any atom is -0.433 e. The summed E-state index contributed by atoms with van der Waals surface area (Å²) in [7, 11) is 0. The molecule has 0 saturated carbocycles. The van der Waals surface area contributed by atoms with E-state index in [0.717, 1.165) is 0 Å². The smallest absolute Gasteiger partial charge is 0.316 e. The van der Waals surface area contributed by atoms with Crippen molar-refractivity contribution in [3.05, 3.63) is 35.9 Å². The van der Waals surface area contributed by atoms with Crippen molar-refractivity contribution in [3.63, 3.8) is 0 Å². The van der Waals surface area contributed by atoms with Crippen LogP contribution >= 0.6 is 0 Å². The van der Waals surface area contributed by atoms with Crippen LogP contribution in [0.5, 0.6) is 0 Å². The molecular formula is C10H9FO3. The number of alkyl halides is 1. The molecule has 0 aliphatic heterocycles. The Morgan fingerprint density at radius 2 is 1.86 bits per heavy atom. The molecule has 3 nitrogen and oxygen atoms in total. The molecule has 74 valence electrons. The topological polar surface area (TPSA) is 43.4 Å². The molecule has 0 aromatic heterocycles. The maximum absolute atomic E-state index is 11.5. The summed E-state index contributed by atoms with van der Waals surface area (Å²) in [5, 5.41) is 0. The lowest BCUT2D eigenvalue weighted by atomic mass is 10.1. The zero-order valence-electron chi connectivity index (χ0n) is 7.40. The summed E-state index contributed by atoms with van der Waals surface area (Å²) in [5.41, 5.74) is 0.420. The van der Waals surface area contributed by atoms with E-state index in [2.05, 4.69) is 4.74 Å². The van der Waals surface area contributed by atoms with Crippen LogP contribution in [0.15, 0.2) is 30.3 Å². The Kier molecular flexibility index (Phi) is 3.79. The quantitative estimate of drug-likeness (QED) is 0.418. The molecule has 0 atom stereocenters. The van der Waals surface area contributed by atoms with Gasteiger partial charge in [-0.15, -0.1) is 0 Å². The molecule has 0 aliphatic carbocycles. The van der Waals surface area contributed by atoms with E-state index in [1.165, 1.54) is 0 Å². The van der Waals surface area contributed by atoms with Crippen molar-refractivity contribution in [1.82, 2.24) is 0 Å². The second-order valence-electron chi connectivity index (χ2n) is 2.59. The van der Waals surface area contributed by atoms with E-state index < -0.39 is 19.3 Å². The highest BCUT2D eigenvalue weighted by molar-refractivity contribution is 6.05. The number of hydrogen-bond donors (Lipinski definition) is 0. The summed E-state index contributed by atoms with van der Waals surface area (Å²) in [4.78, 5) is 22.1. The maximum atomic E-state index is 11.5. The highest BCUT2D eigenvalue weighted by atomic mass is 19.1. The highest BCUT2D eigenvalue weighted by Crippen LogP contribution is 2.03. The molecule has 0 spiro atoms. The molecule has 1 rings (SSSR count). The number of halogens is 1. The van der Waals surface area contributed by atoms with Gasteiger partial charge in [0.25, 0.3) is 0 Å². The molecule has 0 amide bonds. The van der Waals surface area contributed by atoms with Crippen LogP contribution in [0, 0.1) is 0 Å². The van der Waals surface area contributed by atoms with Gasteiger partial charge >= 0.3 is 5.97 Å². The summed E-state index contributed by atoms with van der Waals surface area (Å²) >= 11 is 0. The number of esters is 1. The molecule has 14 heavy (non-hydrogen) atoms.